The summed E-state index contributed by atoms with van der Waals surface area (Å²) in [6.07, 6.45) is 0. The van der Waals surface area contributed by atoms with Crippen LogP contribution in [0.1, 0.15) is 15.9 Å². The molecule has 5 heteroatoms. The van der Waals surface area contributed by atoms with Crippen molar-refractivity contribution < 1.29 is 18.7 Å². The molecule has 0 heterocycles. The van der Waals surface area contributed by atoms with Crippen molar-refractivity contribution in [3.05, 3.63) is 29.1 Å². The minimum Gasteiger partial charge on any atom is -0.496 e. The number of esters is 1. The Balaban J connectivity index is 3.25. The number of methoxy groups -OCH3 is 2. The molecule has 1 aromatic carbocycles. The number of halogens is 2. The van der Waals surface area contributed by atoms with Gasteiger partial charge < -0.3 is 9.47 Å². The Morgan fingerprint density at radius 2 is 2.13 bits per heavy atom. The Morgan fingerprint density at radius 1 is 1.47 bits per heavy atom. The van der Waals surface area contributed by atoms with Crippen LogP contribution in [0.4, 0.5) is 4.39 Å². The fourth-order valence-electron chi connectivity index (χ4n) is 1.16. The molecule has 3 nitrogen and oxygen atoms in total. The van der Waals surface area contributed by atoms with E-state index in [9.17, 15) is 9.18 Å². The average Bonchev–Trinajstić information content (AvgIpc) is 2.27. The van der Waals surface area contributed by atoms with Gasteiger partial charge >= 0.3 is 5.97 Å². The van der Waals surface area contributed by atoms with E-state index in [1.807, 2.05) is 0 Å². The van der Waals surface area contributed by atoms with Crippen LogP contribution in [0, 0.1) is 5.82 Å². The van der Waals surface area contributed by atoms with Gasteiger partial charge in [0.25, 0.3) is 0 Å². The highest BCUT2D eigenvalue weighted by atomic mass is 79.9. The number of rotatable bonds is 3. The fraction of sp³-hybridized carbons (Fsp3) is 0.300. The fourth-order valence-corrected chi connectivity index (χ4v) is 1.60. The third-order valence-electron chi connectivity index (χ3n) is 1.92. The minimum absolute atomic E-state index is 0.0900. The first kappa shape index (κ1) is 12.0. The number of hydrogen-bond donors (Lipinski definition) is 0. The van der Waals surface area contributed by atoms with E-state index in [4.69, 9.17) is 4.74 Å². The number of hydrogen-bond acceptors (Lipinski definition) is 3. The van der Waals surface area contributed by atoms with E-state index in [1.165, 1.54) is 26.4 Å². The molecule has 0 atom stereocenters. The molecule has 0 spiro atoms. The maximum atomic E-state index is 13.4. The first-order chi connectivity index (χ1) is 7.13. The zero-order valence-corrected chi connectivity index (χ0v) is 9.93. The SMILES string of the molecule is COC(=O)c1cc(CBr)c(OC)cc1F. The summed E-state index contributed by atoms with van der Waals surface area (Å²) in [4.78, 5) is 11.2. The van der Waals surface area contributed by atoms with Crippen LogP contribution in [-0.4, -0.2) is 20.2 Å². The van der Waals surface area contributed by atoms with Crippen molar-refractivity contribution in [2.24, 2.45) is 0 Å². The van der Waals surface area contributed by atoms with Crippen molar-refractivity contribution in [3.8, 4) is 5.75 Å². The van der Waals surface area contributed by atoms with Crippen molar-refractivity contribution >= 4 is 21.9 Å². The van der Waals surface area contributed by atoms with Crippen LogP contribution in [-0.2, 0) is 10.1 Å². The van der Waals surface area contributed by atoms with Gasteiger partial charge in [-0.15, -0.1) is 0 Å². The predicted molar refractivity (Wildman–Crippen MR) is 56.9 cm³/mol. The van der Waals surface area contributed by atoms with Crippen LogP contribution in [0.5, 0.6) is 5.75 Å². The van der Waals surface area contributed by atoms with Crippen LogP contribution in [0.3, 0.4) is 0 Å². The Labute approximate surface area is 95.3 Å². The molecule has 0 amide bonds. The van der Waals surface area contributed by atoms with Crippen LogP contribution < -0.4 is 4.74 Å². The molecule has 0 saturated heterocycles. The maximum absolute atomic E-state index is 13.4. The standard InChI is InChI=1S/C10H10BrFO3/c1-14-9-4-8(12)7(10(13)15-2)3-6(9)5-11/h3-4H,5H2,1-2H3. The Kier molecular flexibility index (Phi) is 4.08. The van der Waals surface area contributed by atoms with E-state index >= 15 is 0 Å². The Bertz CT molecular complexity index is 379. The second-order valence-corrected chi connectivity index (χ2v) is 3.33. The summed E-state index contributed by atoms with van der Waals surface area (Å²) in [5.41, 5.74) is 0.604. The zero-order chi connectivity index (χ0) is 11.4. The molecule has 1 aromatic rings. The molecule has 82 valence electrons. The van der Waals surface area contributed by atoms with Gasteiger partial charge in [-0.05, 0) is 6.07 Å². The minimum atomic E-state index is -0.697. The van der Waals surface area contributed by atoms with Crippen LogP contribution >= 0.6 is 15.9 Å². The van der Waals surface area contributed by atoms with Gasteiger partial charge in [-0.3, -0.25) is 0 Å². The highest BCUT2D eigenvalue weighted by Crippen LogP contribution is 2.25. The second kappa shape index (κ2) is 5.11. The third kappa shape index (κ3) is 2.47. The van der Waals surface area contributed by atoms with E-state index < -0.39 is 11.8 Å². The third-order valence-corrected chi connectivity index (χ3v) is 2.52. The lowest BCUT2D eigenvalue weighted by molar-refractivity contribution is 0.0595. The van der Waals surface area contributed by atoms with Crippen LogP contribution in [0.2, 0.25) is 0 Å². The zero-order valence-electron chi connectivity index (χ0n) is 8.34. The summed E-state index contributed by atoms with van der Waals surface area (Å²) in [6, 6.07) is 2.58. The van der Waals surface area contributed by atoms with Gasteiger partial charge in [0.15, 0.2) is 0 Å². The molecule has 0 unspecified atom stereocenters. The van der Waals surface area contributed by atoms with Crippen molar-refractivity contribution in [2.45, 2.75) is 5.33 Å². The van der Waals surface area contributed by atoms with Crippen molar-refractivity contribution in [2.75, 3.05) is 14.2 Å². The van der Waals surface area contributed by atoms with E-state index in [2.05, 4.69) is 20.7 Å². The van der Waals surface area contributed by atoms with Gasteiger partial charge in [0.2, 0.25) is 0 Å². The van der Waals surface area contributed by atoms with Gasteiger partial charge in [0.1, 0.15) is 11.6 Å². The lowest BCUT2D eigenvalue weighted by atomic mass is 10.1. The van der Waals surface area contributed by atoms with Gasteiger partial charge in [-0.2, -0.15) is 0 Å². The largest absolute Gasteiger partial charge is 0.496 e. The summed E-state index contributed by atoms with van der Waals surface area (Å²) < 4.78 is 22.8. The molecule has 0 aliphatic rings. The monoisotopic (exact) mass is 276 g/mol. The van der Waals surface area contributed by atoms with Crippen molar-refractivity contribution in [3.63, 3.8) is 0 Å². The first-order valence-electron chi connectivity index (χ1n) is 4.14. The van der Waals surface area contributed by atoms with Gasteiger partial charge in [0, 0.05) is 17.0 Å². The summed E-state index contributed by atoms with van der Waals surface area (Å²) >= 11 is 3.22. The predicted octanol–water partition coefficient (Wildman–Crippen LogP) is 2.52. The quantitative estimate of drug-likeness (QED) is 0.629. The second-order valence-electron chi connectivity index (χ2n) is 2.77. The number of alkyl halides is 1. The average molecular weight is 277 g/mol. The summed E-state index contributed by atoms with van der Waals surface area (Å²) in [7, 11) is 2.65. The molecule has 0 aliphatic carbocycles. The first-order valence-corrected chi connectivity index (χ1v) is 5.26. The van der Waals surface area contributed by atoms with E-state index in [0.29, 0.717) is 16.6 Å². The number of benzene rings is 1. The van der Waals surface area contributed by atoms with Gasteiger partial charge in [-0.25, -0.2) is 9.18 Å². The van der Waals surface area contributed by atoms with Crippen molar-refractivity contribution in [1.82, 2.24) is 0 Å². The van der Waals surface area contributed by atoms with E-state index in [0.717, 1.165) is 0 Å². The molecular weight excluding hydrogens is 267 g/mol. The number of carbonyl (C=O) groups is 1. The molecule has 0 saturated carbocycles. The molecule has 0 aliphatic heterocycles. The van der Waals surface area contributed by atoms with Crippen LogP contribution in [0.25, 0.3) is 0 Å². The van der Waals surface area contributed by atoms with Gasteiger partial charge in [0.05, 0.1) is 19.8 Å². The molecule has 15 heavy (non-hydrogen) atoms. The number of carbonyl (C=O) groups excluding carboxylic acids is 1. The van der Waals surface area contributed by atoms with E-state index in [1.54, 1.807) is 0 Å². The molecule has 0 radical (unpaired) electrons. The normalized spacial score (nSPS) is 9.87. The molecule has 1 rings (SSSR count). The highest BCUT2D eigenvalue weighted by molar-refractivity contribution is 9.08. The highest BCUT2D eigenvalue weighted by Gasteiger charge is 2.16. The molecule has 0 aromatic heterocycles. The van der Waals surface area contributed by atoms with Crippen LogP contribution in [0.15, 0.2) is 12.1 Å². The lowest BCUT2D eigenvalue weighted by Gasteiger charge is -2.08. The number of ether oxygens (including phenoxy) is 2. The maximum Gasteiger partial charge on any atom is 0.340 e. The molecular formula is C10H10BrFO3. The lowest BCUT2D eigenvalue weighted by Crippen LogP contribution is -2.06. The molecule has 0 bridgehead atoms. The Morgan fingerprint density at radius 3 is 2.60 bits per heavy atom. The smallest absolute Gasteiger partial charge is 0.340 e. The summed E-state index contributed by atoms with van der Waals surface area (Å²) in [6.45, 7) is 0. The topological polar surface area (TPSA) is 35.5 Å². The molecule has 0 fully saturated rings. The van der Waals surface area contributed by atoms with Gasteiger partial charge in [-0.1, -0.05) is 15.9 Å². The van der Waals surface area contributed by atoms with E-state index in [-0.39, 0.29) is 5.56 Å². The summed E-state index contributed by atoms with van der Waals surface area (Å²) in [5, 5.41) is 0.473. The molecule has 0 N–H and O–H groups in total. The summed E-state index contributed by atoms with van der Waals surface area (Å²) in [5.74, 6) is -0.946. The van der Waals surface area contributed by atoms with Crippen molar-refractivity contribution in [1.29, 1.82) is 0 Å². The Hall–Kier alpha value is -1.10.